The van der Waals surface area contributed by atoms with Crippen molar-refractivity contribution < 1.29 is 23.8 Å². The Morgan fingerprint density at radius 1 is 0.844 bits per heavy atom. The highest BCUT2D eigenvalue weighted by Gasteiger charge is 2.23. The van der Waals surface area contributed by atoms with Crippen LogP contribution in [-0.2, 0) is 22.4 Å². The smallest absolute Gasteiger partial charge is 0.260 e. The summed E-state index contributed by atoms with van der Waals surface area (Å²) < 4.78 is 16.4. The maximum atomic E-state index is 12.9. The minimum Gasteiger partial charge on any atom is -0.493 e. The molecule has 0 saturated carbocycles. The van der Waals surface area contributed by atoms with Gasteiger partial charge in [0.25, 0.3) is 5.91 Å². The van der Waals surface area contributed by atoms with E-state index < -0.39 is 0 Å². The van der Waals surface area contributed by atoms with Crippen molar-refractivity contribution >= 4 is 11.8 Å². The molecule has 7 heteroatoms. The number of methoxy groups -OCH3 is 2. The number of carbonyl (C=O) groups is 2. The van der Waals surface area contributed by atoms with Gasteiger partial charge in [-0.25, -0.2) is 0 Å². The predicted octanol–water partition coefficient (Wildman–Crippen LogP) is 2.95. The van der Waals surface area contributed by atoms with Crippen LogP contribution in [0.1, 0.15) is 24.5 Å². The van der Waals surface area contributed by atoms with Gasteiger partial charge in [-0.15, -0.1) is 0 Å². The molecule has 0 aromatic heterocycles. The molecule has 0 aliphatic carbocycles. The molecular weight excluding hydrogens is 408 g/mol. The Morgan fingerprint density at radius 2 is 1.53 bits per heavy atom. The van der Waals surface area contributed by atoms with E-state index in [2.05, 4.69) is 6.92 Å². The van der Waals surface area contributed by atoms with Crippen LogP contribution in [0.2, 0.25) is 0 Å². The van der Waals surface area contributed by atoms with E-state index in [4.69, 9.17) is 14.2 Å². The van der Waals surface area contributed by atoms with Crippen molar-refractivity contribution in [1.29, 1.82) is 0 Å². The van der Waals surface area contributed by atoms with Crippen LogP contribution in [0.15, 0.2) is 42.5 Å². The third-order valence-electron chi connectivity index (χ3n) is 5.71. The van der Waals surface area contributed by atoms with E-state index in [1.54, 1.807) is 25.2 Å². The van der Waals surface area contributed by atoms with Gasteiger partial charge in [0.1, 0.15) is 5.75 Å². The lowest BCUT2D eigenvalue weighted by atomic mass is 10.1. The van der Waals surface area contributed by atoms with Crippen LogP contribution in [0.25, 0.3) is 0 Å². The molecular formula is C25H32N2O5. The third-order valence-corrected chi connectivity index (χ3v) is 5.71. The van der Waals surface area contributed by atoms with E-state index in [1.807, 2.05) is 41.3 Å². The molecule has 0 atom stereocenters. The van der Waals surface area contributed by atoms with Gasteiger partial charge in [0.05, 0.1) is 20.6 Å². The van der Waals surface area contributed by atoms with Gasteiger partial charge in [-0.3, -0.25) is 9.59 Å². The fraction of sp³-hybridized carbons (Fsp3) is 0.440. The average molecular weight is 441 g/mol. The van der Waals surface area contributed by atoms with Crippen molar-refractivity contribution in [2.24, 2.45) is 0 Å². The Balaban J connectivity index is 1.53. The van der Waals surface area contributed by atoms with Gasteiger partial charge in [-0.05, 0) is 42.2 Å². The number of aryl methyl sites for hydroxylation is 1. The number of para-hydroxylation sites is 1. The summed E-state index contributed by atoms with van der Waals surface area (Å²) in [6.07, 6.45) is 1.88. The average Bonchev–Trinajstić information content (AvgIpc) is 3.09. The van der Waals surface area contributed by atoms with Crippen molar-refractivity contribution in [2.75, 3.05) is 47.0 Å². The van der Waals surface area contributed by atoms with E-state index in [0.717, 1.165) is 29.7 Å². The van der Waals surface area contributed by atoms with E-state index >= 15 is 0 Å². The highest BCUT2D eigenvalue weighted by molar-refractivity contribution is 5.80. The summed E-state index contributed by atoms with van der Waals surface area (Å²) in [6.45, 7) is 4.36. The lowest BCUT2D eigenvalue weighted by Gasteiger charge is -2.22. The minimum atomic E-state index is -0.0508. The minimum absolute atomic E-state index is 0.0105. The van der Waals surface area contributed by atoms with Crippen molar-refractivity contribution in [1.82, 2.24) is 9.80 Å². The maximum Gasteiger partial charge on any atom is 0.260 e. The summed E-state index contributed by atoms with van der Waals surface area (Å²) in [5, 5.41) is 0. The van der Waals surface area contributed by atoms with Crippen LogP contribution >= 0.6 is 0 Å². The Bertz CT molecular complexity index is 930. The molecule has 0 spiro atoms. The van der Waals surface area contributed by atoms with Gasteiger partial charge >= 0.3 is 0 Å². The normalized spacial score (nSPS) is 14.0. The molecule has 0 N–H and O–H groups in total. The number of carbonyl (C=O) groups excluding carboxylic acids is 2. The molecule has 0 bridgehead atoms. The standard InChI is InChI=1S/C25H32N2O5/c1-4-20-8-5-6-9-21(20)32-18-25(29)27-13-7-12-26(14-15-27)24(28)17-19-10-11-22(30-2)23(16-19)31-3/h5-6,8-11,16H,4,7,12-15,17-18H2,1-3H3. The number of hydrogen-bond acceptors (Lipinski definition) is 5. The zero-order valence-electron chi connectivity index (χ0n) is 19.1. The molecule has 2 aromatic carbocycles. The molecule has 2 amide bonds. The van der Waals surface area contributed by atoms with Gasteiger partial charge < -0.3 is 24.0 Å². The fourth-order valence-corrected chi connectivity index (χ4v) is 3.86. The van der Waals surface area contributed by atoms with Crippen LogP contribution in [0.5, 0.6) is 17.2 Å². The van der Waals surface area contributed by atoms with E-state index in [-0.39, 0.29) is 24.8 Å². The summed E-state index contributed by atoms with van der Waals surface area (Å²) in [4.78, 5) is 29.2. The van der Waals surface area contributed by atoms with Crippen LogP contribution in [0, 0.1) is 0 Å². The van der Waals surface area contributed by atoms with Gasteiger partial charge in [0, 0.05) is 26.2 Å². The molecule has 0 unspecified atom stereocenters. The van der Waals surface area contributed by atoms with Crippen LogP contribution in [-0.4, -0.2) is 68.6 Å². The first-order chi connectivity index (χ1) is 15.5. The highest BCUT2D eigenvalue weighted by atomic mass is 16.5. The number of benzene rings is 2. The summed E-state index contributed by atoms with van der Waals surface area (Å²) in [6, 6.07) is 13.3. The molecule has 1 aliphatic rings. The molecule has 1 heterocycles. The summed E-state index contributed by atoms with van der Waals surface area (Å²) in [5.74, 6) is 1.99. The summed E-state index contributed by atoms with van der Waals surface area (Å²) in [7, 11) is 3.16. The van der Waals surface area contributed by atoms with Gasteiger partial charge in [0.2, 0.25) is 5.91 Å². The largest absolute Gasteiger partial charge is 0.493 e. The van der Waals surface area contributed by atoms with Crippen LogP contribution < -0.4 is 14.2 Å². The van der Waals surface area contributed by atoms with Gasteiger partial charge in [-0.2, -0.15) is 0 Å². The molecule has 172 valence electrons. The van der Waals surface area contributed by atoms with E-state index in [9.17, 15) is 9.59 Å². The second-order valence-corrected chi connectivity index (χ2v) is 7.73. The van der Waals surface area contributed by atoms with Crippen molar-refractivity contribution in [3.63, 3.8) is 0 Å². The molecule has 7 nitrogen and oxygen atoms in total. The second-order valence-electron chi connectivity index (χ2n) is 7.73. The first kappa shape index (κ1) is 23.4. The zero-order chi connectivity index (χ0) is 22.9. The fourth-order valence-electron chi connectivity index (χ4n) is 3.86. The monoisotopic (exact) mass is 440 g/mol. The quantitative estimate of drug-likeness (QED) is 0.631. The molecule has 32 heavy (non-hydrogen) atoms. The second kappa shape index (κ2) is 11.4. The van der Waals surface area contributed by atoms with Crippen molar-refractivity contribution in [2.45, 2.75) is 26.2 Å². The van der Waals surface area contributed by atoms with E-state index in [0.29, 0.717) is 37.7 Å². The summed E-state index contributed by atoms with van der Waals surface area (Å²) >= 11 is 0. The molecule has 2 aromatic rings. The summed E-state index contributed by atoms with van der Waals surface area (Å²) in [5.41, 5.74) is 1.95. The number of amides is 2. The number of ether oxygens (including phenoxy) is 3. The highest BCUT2D eigenvalue weighted by Crippen LogP contribution is 2.28. The lowest BCUT2D eigenvalue weighted by molar-refractivity contribution is -0.134. The van der Waals surface area contributed by atoms with E-state index in [1.165, 1.54) is 0 Å². The molecule has 1 saturated heterocycles. The molecule has 1 fully saturated rings. The Kier molecular flexibility index (Phi) is 8.36. The number of hydrogen-bond donors (Lipinski definition) is 0. The Hall–Kier alpha value is -3.22. The Morgan fingerprint density at radius 3 is 2.22 bits per heavy atom. The number of rotatable bonds is 8. The first-order valence-corrected chi connectivity index (χ1v) is 11.0. The lowest BCUT2D eigenvalue weighted by Crippen LogP contribution is -2.39. The van der Waals surface area contributed by atoms with Crippen molar-refractivity contribution in [3.8, 4) is 17.2 Å². The number of nitrogens with zero attached hydrogens (tertiary/aromatic N) is 2. The van der Waals surface area contributed by atoms with Crippen LogP contribution in [0.3, 0.4) is 0 Å². The predicted molar refractivity (Wildman–Crippen MR) is 122 cm³/mol. The molecule has 1 aliphatic heterocycles. The third kappa shape index (κ3) is 5.93. The maximum absolute atomic E-state index is 12.9. The Labute approximate surface area is 189 Å². The van der Waals surface area contributed by atoms with Crippen LogP contribution in [0.4, 0.5) is 0 Å². The van der Waals surface area contributed by atoms with Gasteiger partial charge in [-0.1, -0.05) is 31.2 Å². The van der Waals surface area contributed by atoms with Gasteiger partial charge in [0.15, 0.2) is 18.1 Å². The SMILES string of the molecule is CCc1ccccc1OCC(=O)N1CCCN(C(=O)Cc2ccc(OC)c(OC)c2)CC1. The molecule has 0 radical (unpaired) electrons. The zero-order valence-corrected chi connectivity index (χ0v) is 19.1. The first-order valence-electron chi connectivity index (χ1n) is 11.0. The topological polar surface area (TPSA) is 68.3 Å². The molecule has 3 rings (SSSR count). The van der Waals surface area contributed by atoms with Crippen molar-refractivity contribution in [3.05, 3.63) is 53.6 Å².